The molecule has 2 aliphatic rings. The summed E-state index contributed by atoms with van der Waals surface area (Å²) >= 11 is 2.82. The minimum Gasteiger partial charge on any atom is -0.544 e. The molecule has 3 rings (SSSR count). The number of thioether (sulfide) groups is 2. The van der Waals surface area contributed by atoms with Crippen LogP contribution in [0.5, 0.6) is 0 Å². The first-order chi connectivity index (χ1) is 31.2. The summed E-state index contributed by atoms with van der Waals surface area (Å²) in [5, 5.41) is 115. The van der Waals surface area contributed by atoms with Gasteiger partial charge in [-0.2, -0.15) is 23.5 Å². The summed E-state index contributed by atoms with van der Waals surface area (Å²) in [7, 11) is 0. The van der Waals surface area contributed by atoms with Gasteiger partial charge in [0, 0.05) is 62.4 Å². The summed E-state index contributed by atoms with van der Waals surface area (Å²) in [4.78, 5) is 73.0. The van der Waals surface area contributed by atoms with E-state index in [9.17, 15) is 79.8 Å². The largest absolute Gasteiger partial charge is 1.00 e. The molecule has 0 spiro atoms. The maximum atomic E-state index is 12.7. The second-order valence-electron chi connectivity index (χ2n) is 15.4. The van der Waals surface area contributed by atoms with Crippen molar-refractivity contribution in [1.82, 2.24) is 21.3 Å². The Morgan fingerprint density at radius 1 is 0.662 bits per heavy atom. The standard InChI is InChI=1S/C40H62N4O20S2.2Na/c1-21(47)43-29-25(49)17-39(37(57)58,63-33(29)31(53)27(51)19-45)61-11-3-13-65-15-9-41-35(55)23-5-7-24(8-6-23)36(56)42-10-16-66-14-4-12-62-40(38(59)60)18-26(50)30(44-22(2)48)34(64-40)32(54)28(52)20-46;;/h5-8,25-34,45-46,49-54H,3-4,9-20H2,1-2H3,(H,41,55)(H,42,56)(H,43,47)(H,44,48)(H,57,58)(H,59,60);;/q;2*+1/p-2/t25-,26-,27+,28+,29+,30+,31+,32+,33+,34+,39+,40+;;/m0../s1. The van der Waals surface area contributed by atoms with Crippen LogP contribution in [-0.2, 0) is 38.1 Å². The van der Waals surface area contributed by atoms with Crippen molar-refractivity contribution in [3.63, 3.8) is 0 Å². The second-order valence-corrected chi connectivity index (χ2v) is 17.9. The number of hydrogen-bond acceptors (Lipinski definition) is 22. The van der Waals surface area contributed by atoms with Crippen LogP contribution in [0, 0.1) is 0 Å². The number of nitrogens with one attached hydrogen (secondary N) is 4. The molecular weight excluding hydrogens is 967 g/mol. The summed E-state index contributed by atoms with van der Waals surface area (Å²) in [6, 6.07) is 3.27. The van der Waals surface area contributed by atoms with E-state index in [0.29, 0.717) is 47.0 Å². The fourth-order valence-electron chi connectivity index (χ4n) is 6.99. The van der Waals surface area contributed by atoms with E-state index in [4.69, 9.17) is 18.9 Å². The number of amides is 4. The number of carbonyl (C=O) groups is 6. The van der Waals surface area contributed by atoms with Crippen LogP contribution in [0.1, 0.15) is 60.2 Å². The van der Waals surface area contributed by atoms with Crippen molar-refractivity contribution in [2.45, 2.75) is 112 Å². The first-order valence-corrected chi connectivity index (χ1v) is 23.3. The normalized spacial score (nSPS) is 26.3. The van der Waals surface area contributed by atoms with Crippen molar-refractivity contribution in [2.24, 2.45) is 0 Å². The minimum absolute atomic E-state index is 0. The number of ether oxygens (including phenoxy) is 4. The van der Waals surface area contributed by atoms with E-state index in [-0.39, 0.29) is 97.2 Å². The van der Waals surface area contributed by atoms with E-state index in [1.165, 1.54) is 47.8 Å². The third-order valence-corrected chi connectivity index (χ3v) is 12.5. The van der Waals surface area contributed by atoms with Crippen LogP contribution in [0.15, 0.2) is 24.3 Å². The molecule has 12 atom stereocenters. The number of aliphatic carboxylic acids is 2. The Kier molecular flexibility index (Phi) is 29.9. The van der Waals surface area contributed by atoms with Crippen LogP contribution in [0.4, 0.5) is 0 Å². The average Bonchev–Trinajstić information content (AvgIpc) is 3.28. The van der Waals surface area contributed by atoms with Crippen LogP contribution < -0.4 is 90.6 Å². The second kappa shape index (κ2) is 31.7. The molecule has 0 bridgehead atoms. The van der Waals surface area contributed by atoms with Crippen molar-refractivity contribution in [3.05, 3.63) is 35.4 Å². The van der Waals surface area contributed by atoms with Gasteiger partial charge >= 0.3 is 59.1 Å². The van der Waals surface area contributed by atoms with E-state index in [1.807, 2.05) is 0 Å². The Labute approximate surface area is 444 Å². The predicted molar refractivity (Wildman–Crippen MR) is 227 cm³/mol. The number of rotatable bonds is 28. The summed E-state index contributed by atoms with van der Waals surface area (Å²) in [5.74, 6) is -8.99. The number of hydrogen-bond donors (Lipinski definition) is 12. The van der Waals surface area contributed by atoms with Crippen molar-refractivity contribution < 1.29 is 158 Å². The first kappa shape index (κ1) is 64.3. The molecule has 4 amide bonds. The molecule has 0 aliphatic carbocycles. The van der Waals surface area contributed by atoms with Gasteiger partial charge in [-0.25, -0.2) is 0 Å². The number of carboxylic acids is 2. The van der Waals surface area contributed by atoms with Gasteiger partial charge < -0.3 is 101 Å². The molecule has 24 nitrogen and oxygen atoms in total. The predicted octanol–water partition coefficient (Wildman–Crippen LogP) is -12.9. The fraction of sp³-hybridized carbons (Fsp3) is 0.700. The van der Waals surface area contributed by atoms with Crippen molar-refractivity contribution in [2.75, 3.05) is 62.5 Å². The topological polar surface area (TPSA) is 395 Å². The van der Waals surface area contributed by atoms with E-state index in [1.54, 1.807) is 0 Å². The molecule has 0 unspecified atom stereocenters. The third-order valence-electron chi connectivity index (χ3n) is 10.4. The van der Waals surface area contributed by atoms with Gasteiger partial charge in [0.1, 0.15) is 48.6 Å². The molecule has 0 radical (unpaired) electrons. The molecule has 0 saturated carbocycles. The number of aliphatic hydroxyl groups is 8. The maximum Gasteiger partial charge on any atom is 1.00 e. The van der Waals surface area contributed by atoms with E-state index in [0.717, 1.165) is 13.8 Å². The van der Waals surface area contributed by atoms with Crippen molar-refractivity contribution in [1.29, 1.82) is 0 Å². The zero-order valence-corrected chi connectivity index (χ0v) is 43.9. The molecule has 12 N–H and O–H groups in total. The Morgan fingerprint density at radius 3 is 1.29 bits per heavy atom. The van der Waals surface area contributed by atoms with Gasteiger partial charge in [0.25, 0.3) is 11.8 Å². The number of carboxylic acid groups (broad SMARTS) is 2. The molecule has 28 heteroatoms. The van der Waals surface area contributed by atoms with Crippen LogP contribution in [0.3, 0.4) is 0 Å². The van der Waals surface area contributed by atoms with E-state index < -0.39 is 122 Å². The molecular formula is C40H60N4Na2O20S2. The van der Waals surface area contributed by atoms with E-state index in [2.05, 4.69) is 21.3 Å². The third kappa shape index (κ3) is 19.0. The monoisotopic (exact) mass is 1030 g/mol. The van der Waals surface area contributed by atoms with Gasteiger partial charge in [-0.3, -0.25) is 19.2 Å². The van der Waals surface area contributed by atoms with Gasteiger partial charge in [0.2, 0.25) is 23.4 Å². The molecule has 2 aliphatic heterocycles. The number of aliphatic hydroxyl groups excluding tert-OH is 8. The minimum atomic E-state index is -2.53. The smallest absolute Gasteiger partial charge is 0.544 e. The summed E-state index contributed by atoms with van der Waals surface area (Å²) in [6.45, 7) is 0.552. The molecule has 0 aromatic heterocycles. The quantitative estimate of drug-likeness (QED) is 0.0274. The van der Waals surface area contributed by atoms with E-state index >= 15 is 0 Å². The Bertz CT molecular complexity index is 1640. The summed E-state index contributed by atoms with van der Waals surface area (Å²) < 4.78 is 22.0. The molecule has 2 saturated heterocycles. The first-order valence-electron chi connectivity index (χ1n) is 20.9. The Balaban J connectivity index is 0.0000116. The molecule has 1 aromatic rings. The van der Waals surface area contributed by atoms with Crippen LogP contribution in [-0.4, -0.2) is 211 Å². The zero-order chi connectivity index (χ0) is 49.2. The van der Waals surface area contributed by atoms with Gasteiger partial charge in [-0.1, -0.05) is 0 Å². The van der Waals surface area contributed by atoms with Crippen LogP contribution in [0.25, 0.3) is 0 Å². The summed E-state index contributed by atoms with van der Waals surface area (Å²) in [6.07, 6.45) is -14.7. The van der Waals surface area contributed by atoms with Crippen molar-refractivity contribution in [3.8, 4) is 0 Å². The number of carbonyl (C=O) groups excluding carboxylic acids is 6. The Hall–Kier alpha value is -1.74. The fourth-order valence-corrected chi connectivity index (χ4v) is 8.53. The van der Waals surface area contributed by atoms with Crippen molar-refractivity contribution >= 4 is 59.1 Å². The molecule has 2 heterocycles. The van der Waals surface area contributed by atoms with Gasteiger partial charge in [0.05, 0.1) is 50.7 Å². The van der Waals surface area contributed by atoms with Gasteiger partial charge in [0.15, 0.2) is 0 Å². The molecule has 2 fully saturated rings. The van der Waals surface area contributed by atoms with Crippen LogP contribution in [0.2, 0.25) is 0 Å². The SMILES string of the molecule is CC(=O)N[C@H]1[C@H]([C@H](O)[C@H](O)CO)O[C@@](OCCCSCCNC(=O)c2ccc(C(=O)NCCSCCCO[C@]3(C(=O)[O-])C[C@H](O)[C@@H](NC(C)=O)[C@H]([C@H](O)[C@H](O)CO)O3)cc2)(C(=O)[O-])C[C@@H]1O.[Na+].[Na+]. The average molecular weight is 1030 g/mol. The molecule has 374 valence electrons. The summed E-state index contributed by atoms with van der Waals surface area (Å²) in [5.41, 5.74) is 0.604. The number of benzene rings is 1. The zero-order valence-electron chi connectivity index (χ0n) is 38.3. The van der Waals surface area contributed by atoms with Gasteiger partial charge in [-0.15, -0.1) is 0 Å². The molecule has 1 aromatic carbocycles. The van der Waals surface area contributed by atoms with Crippen LogP contribution >= 0.6 is 23.5 Å². The molecule has 68 heavy (non-hydrogen) atoms. The van der Waals surface area contributed by atoms with Gasteiger partial charge in [-0.05, 0) is 48.6 Å². The maximum absolute atomic E-state index is 12.7. The Morgan fingerprint density at radius 2 is 1.00 bits per heavy atom.